The number of thiazole rings is 1. The van der Waals surface area contributed by atoms with E-state index < -0.39 is 34.2 Å². The summed E-state index contributed by atoms with van der Waals surface area (Å²) in [5.74, 6) is -2.92. The number of aliphatic hydroxyl groups excluding tert-OH is 1. The molecule has 1 fully saturated rings. The quantitative estimate of drug-likeness (QED) is 0.205. The van der Waals surface area contributed by atoms with Crippen molar-refractivity contribution in [1.29, 1.82) is 0 Å². The normalized spacial score (nSPS) is 17.7. The van der Waals surface area contributed by atoms with Crippen LogP contribution in [-0.2, 0) is 9.59 Å². The Balaban J connectivity index is 1.97. The molecule has 32 heavy (non-hydrogen) atoms. The molecule has 0 spiro atoms. The van der Waals surface area contributed by atoms with Crippen LogP contribution in [0.1, 0.15) is 27.7 Å². The molecule has 1 N–H and O–H groups in total. The predicted molar refractivity (Wildman–Crippen MR) is 116 cm³/mol. The zero-order valence-corrected chi connectivity index (χ0v) is 17.7. The molecule has 162 valence electrons. The molecule has 1 aliphatic heterocycles. The van der Waals surface area contributed by atoms with Gasteiger partial charge >= 0.3 is 5.91 Å². The second-order valence-corrected chi connectivity index (χ2v) is 8.35. The minimum absolute atomic E-state index is 0.131. The van der Waals surface area contributed by atoms with Crippen LogP contribution in [0, 0.1) is 29.8 Å². The number of hydrogen-bond acceptors (Lipinski definition) is 7. The number of aryl methyl sites for hydroxylation is 2. The van der Waals surface area contributed by atoms with E-state index >= 15 is 0 Å². The van der Waals surface area contributed by atoms with Gasteiger partial charge in [0.05, 0.1) is 22.2 Å². The van der Waals surface area contributed by atoms with Crippen LogP contribution in [0.4, 0.5) is 15.2 Å². The molecule has 0 radical (unpaired) electrons. The van der Waals surface area contributed by atoms with Crippen molar-refractivity contribution < 1.29 is 24.0 Å². The Morgan fingerprint density at radius 1 is 1.19 bits per heavy atom. The molecule has 1 atom stereocenters. The van der Waals surface area contributed by atoms with Crippen molar-refractivity contribution in [3.05, 3.63) is 91.7 Å². The number of benzene rings is 2. The fourth-order valence-corrected chi connectivity index (χ4v) is 4.41. The maximum absolute atomic E-state index is 13.4. The van der Waals surface area contributed by atoms with Crippen LogP contribution >= 0.6 is 11.3 Å². The lowest BCUT2D eigenvalue weighted by atomic mass is 9.95. The summed E-state index contributed by atoms with van der Waals surface area (Å²) in [7, 11) is 0. The molecule has 0 unspecified atom stereocenters. The third-order valence-corrected chi connectivity index (χ3v) is 6.25. The van der Waals surface area contributed by atoms with E-state index in [9.17, 15) is 29.2 Å². The minimum Gasteiger partial charge on any atom is -0.507 e. The first-order valence-electron chi connectivity index (χ1n) is 9.44. The number of aromatic nitrogens is 1. The summed E-state index contributed by atoms with van der Waals surface area (Å²) < 4.78 is 13.4. The third kappa shape index (κ3) is 3.54. The number of aliphatic hydroxyl groups is 1. The van der Waals surface area contributed by atoms with E-state index in [0.717, 1.165) is 21.9 Å². The standard InChI is InChI=1S/C22H16FN3O5S/c1-11-12(2)32-22(24-11)25-18(14-4-3-5-16(10-14)26(30)31)17(20(28)21(25)29)19(27)13-6-8-15(23)9-7-13/h3-10,18,27H,1-2H3/b19-17+/t18-/m1/s1. The minimum atomic E-state index is -1.15. The van der Waals surface area contributed by atoms with Crippen molar-refractivity contribution in [3.8, 4) is 0 Å². The third-order valence-electron chi connectivity index (χ3n) is 5.18. The lowest BCUT2D eigenvalue weighted by molar-refractivity contribution is -0.384. The zero-order chi connectivity index (χ0) is 23.2. The van der Waals surface area contributed by atoms with Gasteiger partial charge in [0.25, 0.3) is 11.5 Å². The van der Waals surface area contributed by atoms with Crippen molar-refractivity contribution in [2.75, 3.05) is 4.90 Å². The molecule has 0 aliphatic carbocycles. The summed E-state index contributed by atoms with van der Waals surface area (Å²) in [6, 6.07) is 9.13. The first kappa shape index (κ1) is 21.3. The molecule has 2 heterocycles. The number of carbonyl (C=O) groups is 2. The molecule has 4 rings (SSSR count). The number of nitro groups is 1. The van der Waals surface area contributed by atoms with Gasteiger partial charge in [-0.2, -0.15) is 0 Å². The number of halogens is 1. The van der Waals surface area contributed by atoms with Crippen molar-refractivity contribution in [2.45, 2.75) is 19.9 Å². The molecular weight excluding hydrogens is 437 g/mol. The topological polar surface area (TPSA) is 114 Å². The molecule has 3 aromatic rings. The van der Waals surface area contributed by atoms with Gasteiger partial charge < -0.3 is 5.11 Å². The van der Waals surface area contributed by atoms with E-state index in [1.54, 1.807) is 6.92 Å². The molecule has 1 saturated heterocycles. The van der Waals surface area contributed by atoms with Gasteiger partial charge in [-0.3, -0.25) is 24.6 Å². The second-order valence-electron chi connectivity index (χ2n) is 7.17. The Morgan fingerprint density at radius 3 is 2.47 bits per heavy atom. The lowest BCUT2D eigenvalue weighted by Gasteiger charge is -2.22. The molecule has 0 bridgehead atoms. The SMILES string of the molecule is Cc1nc(N2C(=O)C(=O)/C(=C(/O)c3ccc(F)cc3)[C@H]2c2cccc([N+](=O)[O-])c2)sc1C. The van der Waals surface area contributed by atoms with Gasteiger partial charge in [-0.05, 0) is 43.7 Å². The van der Waals surface area contributed by atoms with E-state index in [4.69, 9.17) is 0 Å². The highest BCUT2D eigenvalue weighted by molar-refractivity contribution is 7.16. The van der Waals surface area contributed by atoms with E-state index in [1.165, 1.54) is 47.7 Å². The fraction of sp³-hybridized carbons (Fsp3) is 0.136. The number of carbonyl (C=O) groups excluding carboxylic acids is 2. The first-order valence-corrected chi connectivity index (χ1v) is 10.3. The van der Waals surface area contributed by atoms with Crippen LogP contribution in [0.15, 0.2) is 54.1 Å². The summed E-state index contributed by atoms with van der Waals surface area (Å²) in [5.41, 5.74) is 0.566. The fourth-order valence-electron chi connectivity index (χ4n) is 3.48. The average molecular weight is 453 g/mol. The van der Waals surface area contributed by atoms with E-state index in [1.807, 2.05) is 6.92 Å². The highest BCUT2D eigenvalue weighted by atomic mass is 32.1. The number of anilines is 1. The van der Waals surface area contributed by atoms with Gasteiger partial charge in [-0.15, -0.1) is 11.3 Å². The van der Waals surface area contributed by atoms with E-state index in [2.05, 4.69) is 4.98 Å². The molecule has 0 saturated carbocycles. The molecule has 10 heteroatoms. The van der Waals surface area contributed by atoms with Gasteiger partial charge in [0, 0.05) is 22.6 Å². The van der Waals surface area contributed by atoms with Gasteiger partial charge in [-0.1, -0.05) is 12.1 Å². The summed E-state index contributed by atoms with van der Waals surface area (Å²) in [5, 5.41) is 22.5. The number of rotatable bonds is 4. The van der Waals surface area contributed by atoms with Crippen LogP contribution in [0.2, 0.25) is 0 Å². The Morgan fingerprint density at radius 2 is 1.88 bits per heavy atom. The van der Waals surface area contributed by atoms with Gasteiger partial charge in [0.1, 0.15) is 11.6 Å². The summed E-state index contributed by atoms with van der Waals surface area (Å²) >= 11 is 1.19. The lowest BCUT2D eigenvalue weighted by Crippen LogP contribution is -2.29. The Hall–Kier alpha value is -3.92. The summed E-state index contributed by atoms with van der Waals surface area (Å²) in [4.78, 5) is 43.1. The van der Waals surface area contributed by atoms with Crippen LogP contribution in [0.25, 0.3) is 5.76 Å². The second kappa shape index (κ2) is 7.97. The van der Waals surface area contributed by atoms with Crippen LogP contribution in [0.5, 0.6) is 0 Å². The van der Waals surface area contributed by atoms with Crippen LogP contribution < -0.4 is 4.90 Å². The maximum Gasteiger partial charge on any atom is 0.301 e. The number of hydrogen-bond donors (Lipinski definition) is 1. The Bertz CT molecular complexity index is 1280. The van der Waals surface area contributed by atoms with Gasteiger partial charge in [0.15, 0.2) is 5.13 Å². The maximum atomic E-state index is 13.4. The molecule has 1 aromatic heterocycles. The zero-order valence-electron chi connectivity index (χ0n) is 16.9. The van der Waals surface area contributed by atoms with E-state index in [0.29, 0.717) is 5.69 Å². The number of amides is 1. The van der Waals surface area contributed by atoms with Crippen LogP contribution in [0.3, 0.4) is 0 Å². The Labute approximate surface area is 185 Å². The Kier molecular flexibility index (Phi) is 5.31. The smallest absolute Gasteiger partial charge is 0.301 e. The molecule has 8 nitrogen and oxygen atoms in total. The number of nitro benzene ring substituents is 1. The number of ketones is 1. The molecule has 2 aromatic carbocycles. The van der Waals surface area contributed by atoms with E-state index in [-0.39, 0.29) is 27.5 Å². The highest BCUT2D eigenvalue weighted by Crippen LogP contribution is 2.44. The molecule has 1 amide bonds. The highest BCUT2D eigenvalue weighted by Gasteiger charge is 2.48. The average Bonchev–Trinajstić information content (AvgIpc) is 3.23. The van der Waals surface area contributed by atoms with Crippen molar-refractivity contribution in [1.82, 2.24) is 4.98 Å². The number of nitrogens with zero attached hydrogens (tertiary/aromatic N) is 3. The van der Waals surface area contributed by atoms with Crippen LogP contribution in [-0.4, -0.2) is 26.7 Å². The molecule has 1 aliphatic rings. The van der Waals surface area contributed by atoms with Crippen molar-refractivity contribution >= 4 is 39.6 Å². The summed E-state index contributed by atoms with van der Waals surface area (Å²) in [6.45, 7) is 3.57. The summed E-state index contributed by atoms with van der Waals surface area (Å²) in [6.07, 6.45) is 0. The largest absolute Gasteiger partial charge is 0.507 e. The van der Waals surface area contributed by atoms with Gasteiger partial charge in [0.2, 0.25) is 0 Å². The first-order chi connectivity index (χ1) is 15.2. The number of non-ortho nitro benzene ring substituents is 1. The molecular formula is C22H16FN3O5S. The van der Waals surface area contributed by atoms with Gasteiger partial charge in [-0.25, -0.2) is 9.37 Å². The van der Waals surface area contributed by atoms with Crippen molar-refractivity contribution in [3.63, 3.8) is 0 Å². The van der Waals surface area contributed by atoms with Crippen molar-refractivity contribution in [2.24, 2.45) is 0 Å². The number of Topliss-reactive ketones (excluding diaryl/α,β-unsaturated/α-hetero) is 1. The monoisotopic (exact) mass is 453 g/mol. The predicted octanol–water partition coefficient (Wildman–Crippen LogP) is 4.43.